The molecule has 0 radical (unpaired) electrons. The highest BCUT2D eigenvalue weighted by Crippen LogP contribution is 2.24. The topological polar surface area (TPSA) is 115 Å². The van der Waals surface area contributed by atoms with Gasteiger partial charge < -0.3 is 9.88 Å². The van der Waals surface area contributed by atoms with Crippen molar-refractivity contribution in [2.45, 2.75) is 18.8 Å². The van der Waals surface area contributed by atoms with Gasteiger partial charge in [0, 0.05) is 25.2 Å². The number of carbonyl (C=O) groups excluding carboxylic acids is 1. The Morgan fingerprint density at radius 3 is 2.91 bits per heavy atom. The van der Waals surface area contributed by atoms with E-state index in [0.29, 0.717) is 29.0 Å². The molecule has 0 aromatic carbocycles. The number of aromatic nitrogens is 4. The van der Waals surface area contributed by atoms with Gasteiger partial charge in [-0.25, -0.2) is 9.89 Å². The Balaban J connectivity index is 1.79. The molecule has 3 rings (SSSR count). The zero-order valence-electron chi connectivity index (χ0n) is 11.6. The molecule has 1 fully saturated rings. The van der Waals surface area contributed by atoms with E-state index >= 15 is 0 Å². The lowest BCUT2D eigenvalue weighted by Gasteiger charge is -2.31. The lowest BCUT2D eigenvalue weighted by molar-refractivity contribution is 0.0704. The van der Waals surface area contributed by atoms with Crippen molar-refractivity contribution in [3.8, 4) is 0 Å². The Bertz CT molecular complexity index is 808. The van der Waals surface area contributed by atoms with Gasteiger partial charge in [-0.05, 0) is 34.8 Å². The van der Waals surface area contributed by atoms with E-state index < -0.39 is 0 Å². The van der Waals surface area contributed by atoms with Gasteiger partial charge in [0.05, 0.1) is 10.0 Å². The van der Waals surface area contributed by atoms with Gasteiger partial charge in [0.15, 0.2) is 0 Å². The van der Waals surface area contributed by atoms with E-state index in [1.54, 1.807) is 4.90 Å². The highest BCUT2D eigenvalue weighted by atomic mass is 79.9. The molecular formula is C13H14BrN5O3. The molecule has 0 saturated carbocycles. The predicted octanol–water partition coefficient (Wildman–Crippen LogP) is 0.569. The minimum atomic E-state index is -0.344. The van der Waals surface area contributed by atoms with Crippen LogP contribution in [0.3, 0.4) is 0 Å². The molecule has 9 heteroatoms. The number of amides is 1. The zero-order valence-corrected chi connectivity index (χ0v) is 13.1. The Hall–Kier alpha value is -2.16. The normalized spacial score (nSPS) is 18.4. The van der Waals surface area contributed by atoms with Crippen molar-refractivity contribution >= 4 is 21.8 Å². The number of hydrogen-bond acceptors (Lipinski definition) is 4. The average Bonchev–Trinajstić information content (AvgIpc) is 2.96. The van der Waals surface area contributed by atoms with Crippen LogP contribution in [-0.4, -0.2) is 44.1 Å². The van der Waals surface area contributed by atoms with E-state index in [4.69, 9.17) is 0 Å². The Kier molecular flexibility index (Phi) is 3.97. The molecule has 1 atom stereocenters. The fourth-order valence-electron chi connectivity index (χ4n) is 2.62. The van der Waals surface area contributed by atoms with Crippen molar-refractivity contribution < 1.29 is 4.79 Å². The monoisotopic (exact) mass is 367 g/mol. The van der Waals surface area contributed by atoms with E-state index in [9.17, 15) is 14.4 Å². The van der Waals surface area contributed by atoms with E-state index in [1.165, 1.54) is 12.3 Å². The molecule has 3 N–H and O–H groups in total. The summed E-state index contributed by atoms with van der Waals surface area (Å²) in [5.41, 5.74) is -0.201. The van der Waals surface area contributed by atoms with Crippen molar-refractivity contribution in [1.82, 2.24) is 25.1 Å². The number of pyridine rings is 1. The maximum Gasteiger partial charge on any atom is 0.340 e. The number of carbonyl (C=O) groups is 1. The smallest absolute Gasteiger partial charge is 0.338 e. The maximum atomic E-state index is 12.5. The third kappa shape index (κ3) is 2.89. The van der Waals surface area contributed by atoms with Crippen molar-refractivity contribution in [2.75, 3.05) is 13.1 Å². The molecule has 2 aromatic heterocycles. The number of nitrogens with zero attached hydrogens (tertiary/aromatic N) is 2. The fraction of sp³-hybridized carbons (Fsp3) is 0.385. The summed E-state index contributed by atoms with van der Waals surface area (Å²) >= 11 is 3.12. The lowest BCUT2D eigenvalue weighted by Crippen LogP contribution is -2.39. The summed E-state index contributed by atoms with van der Waals surface area (Å²) in [5, 5.41) is 6.29. The number of H-pyrrole nitrogens is 3. The Labute approximate surface area is 133 Å². The van der Waals surface area contributed by atoms with Gasteiger partial charge in [-0.15, -0.1) is 0 Å². The lowest BCUT2D eigenvalue weighted by atomic mass is 9.97. The van der Waals surface area contributed by atoms with Crippen molar-refractivity contribution in [1.29, 1.82) is 0 Å². The van der Waals surface area contributed by atoms with Gasteiger partial charge in [-0.1, -0.05) is 0 Å². The molecule has 1 saturated heterocycles. The van der Waals surface area contributed by atoms with Gasteiger partial charge in [0.1, 0.15) is 5.82 Å². The van der Waals surface area contributed by atoms with Crippen molar-refractivity contribution in [3.05, 3.63) is 49.0 Å². The first kappa shape index (κ1) is 14.8. The second-order valence-corrected chi connectivity index (χ2v) is 6.07. The number of aromatic amines is 3. The largest absolute Gasteiger partial charge is 0.340 e. The van der Waals surface area contributed by atoms with E-state index in [0.717, 1.165) is 12.8 Å². The summed E-state index contributed by atoms with van der Waals surface area (Å²) in [6, 6.07) is 1.52. The molecule has 3 heterocycles. The van der Waals surface area contributed by atoms with Crippen LogP contribution >= 0.6 is 15.9 Å². The van der Waals surface area contributed by atoms with Gasteiger partial charge in [-0.2, -0.15) is 5.10 Å². The number of likely N-dealkylation sites (tertiary alicyclic amines) is 1. The molecule has 0 spiro atoms. The van der Waals surface area contributed by atoms with Crippen molar-refractivity contribution in [3.63, 3.8) is 0 Å². The summed E-state index contributed by atoms with van der Waals surface area (Å²) in [6.07, 6.45) is 3.10. The Morgan fingerprint density at radius 2 is 2.23 bits per heavy atom. The second-order valence-electron chi connectivity index (χ2n) is 5.22. The molecule has 2 aromatic rings. The van der Waals surface area contributed by atoms with Gasteiger partial charge in [-0.3, -0.25) is 14.6 Å². The number of rotatable bonds is 2. The van der Waals surface area contributed by atoms with E-state index in [1.807, 2.05) is 0 Å². The van der Waals surface area contributed by atoms with Crippen LogP contribution < -0.4 is 11.2 Å². The third-order valence-electron chi connectivity index (χ3n) is 3.72. The minimum absolute atomic E-state index is 0.00264. The molecule has 0 aliphatic carbocycles. The predicted molar refractivity (Wildman–Crippen MR) is 81.8 cm³/mol. The molecular weight excluding hydrogens is 354 g/mol. The molecule has 8 nitrogen and oxygen atoms in total. The maximum absolute atomic E-state index is 12.5. The fourth-order valence-corrected chi connectivity index (χ4v) is 2.98. The van der Waals surface area contributed by atoms with Crippen molar-refractivity contribution in [2.24, 2.45) is 0 Å². The summed E-state index contributed by atoms with van der Waals surface area (Å²) in [6.45, 7) is 1.12. The minimum Gasteiger partial charge on any atom is -0.338 e. The summed E-state index contributed by atoms with van der Waals surface area (Å²) in [7, 11) is 0. The number of piperidine rings is 1. The van der Waals surface area contributed by atoms with Crippen LogP contribution in [0.25, 0.3) is 0 Å². The highest BCUT2D eigenvalue weighted by molar-refractivity contribution is 9.10. The molecule has 1 aliphatic heterocycles. The molecule has 1 aliphatic rings. The molecule has 1 unspecified atom stereocenters. The highest BCUT2D eigenvalue weighted by Gasteiger charge is 2.27. The van der Waals surface area contributed by atoms with Crippen LogP contribution in [0.15, 0.2) is 26.3 Å². The summed E-state index contributed by atoms with van der Waals surface area (Å²) in [4.78, 5) is 41.9. The molecule has 1 amide bonds. The Morgan fingerprint density at radius 1 is 1.41 bits per heavy atom. The van der Waals surface area contributed by atoms with Crippen LogP contribution in [0.1, 0.15) is 34.9 Å². The summed E-state index contributed by atoms with van der Waals surface area (Å²) in [5.74, 6) is 0.424. The van der Waals surface area contributed by atoms with Crippen LogP contribution in [0, 0.1) is 0 Å². The SMILES string of the molecule is O=C(c1c[nH]c(=O)c(Br)c1)N1CCCC(c2n[nH]c(=O)[nH]2)C1. The van der Waals surface area contributed by atoms with Gasteiger partial charge in [0.2, 0.25) is 0 Å². The average molecular weight is 368 g/mol. The van der Waals surface area contributed by atoms with Gasteiger partial charge in [0.25, 0.3) is 11.5 Å². The van der Waals surface area contributed by atoms with E-state index in [2.05, 4.69) is 36.1 Å². The number of halogens is 1. The first-order valence-electron chi connectivity index (χ1n) is 6.86. The first-order chi connectivity index (χ1) is 10.5. The van der Waals surface area contributed by atoms with Gasteiger partial charge >= 0.3 is 5.69 Å². The molecule has 22 heavy (non-hydrogen) atoms. The number of hydrogen-bond donors (Lipinski definition) is 3. The zero-order chi connectivity index (χ0) is 15.7. The number of nitrogens with one attached hydrogen (secondary N) is 3. The van der Waals surface area contributed by atoms with Crippen LogP contribution in [0.5, 0.6) is 0 Å². The first-order valence-corrected chi connectivity index (χ1v) is 7.66. The van der Waals surface area contributed by atoms with Crippen LogP contribution in [-0.2, 0) is 0 Å². The quantitative estimate of drug-likeness (QED) is 0.719. The van der Waals surface area contributed by atoms with E-state index in [-0.39, 0.29) is 23.1 Å². The summed E-state index contributed by atoms with van der Waals surface area (Å²) < 4.78 is 0.323. The molecule has 0 bridgehead atoms. The second kappa shape index (κ2) is 5.91. The molecule has 116 valence electrons. The standard InChI is InChI=1S/C13H14BrN5O3/c14-9-4-8(5-15-11(9)20)12(21)19-3-1-2-7(6-19)10-16-13(22)18-17-10/h4-5,7H,1-3,6H2,(H,15,20)(H2,16,17,18,22). The third-order valence-corrected chi connectivity index (χ3v) is 4.31. The van der Waals surface area contributed by atoms with Crippen LogP contribution in [0.4, 0.5) is 0 Å². The van der Waals surface area contributed by atoms with Crippen LogP contribution in [0.2, 0.25) is 0 Å².